The summed E-state index contributed by atoms with van der Waals surface area (Å²) in [5, 5.41) is 16.1. The van der Waals surface area contributed by atoms with E-state index in [4.69, 9.17) is 14.2 Å². The molecule has 0 aromatic heterocycles. The highest BCUT2D eigenvalue weighted by Gasteiger charge is 2.33. The molecule has 30 heavy (non-hydrogen) atoms. The fourth-order valence-electron chi connectivity index (χ4n) is 3.39. The smallest absolute Gasteiger partial charge is 0.410 e. The lowest BCUT2D eigenvalue weighted by Crippen LogP contribution is -2.50. The highest BCUT2D eigenvalue weighted by Crippen LogP contribution is 2.38. The molecule has 2 aliphatic rings. The van der Waals surface area contributed by atoms with Crippen molar-refractivity contribution in [2.45, 2.75) is 38.9 Å². The Hall–Kier alpha value is -2.88. The Labute approximate surface area is 174 Å². The first-order valence-corrected chi connectivity index (χ1v) is 9.89. The molecule has 0 spiro atoms. The number of piperidine rings is 1. The van der Waals surface area contributed by atoms with Crippen LogP contribution in [0.15, 0.2) is 17.3 Å². The first-order valence-electron chi connectivity index (χ1n) is 9.89. The number of carbonyl (C=O) groups excluding carboxylic acids is 2. The predicted octanol–water partition coefficient (Wildman–Crippen LogP) is 2.20. The maximum absolute atomic E-state index is 12.7. The topological polar surface area (TPSA) is 127 Å². The second-order valence-electron chi connectivity index (χ2n) is 8.36. The van der Waals surface area contributed by atoms with E-state index in [2.05, 4.69) is 10.5 Å². The first-order chi connectivity index (χ1) is 14.2. The SMILES string of the molecule is CC(C)(C)OC(=O)N1CC[C@@H](CNC(=O)c2cc(N=O)cc3c2OCCO3)C(O)C1. The number of carbonyl (C=O) groups is 2. The van der Waals surface area contributed by atoms with Crippen LogP contribution in [-0.4, -0.2) is 66.6 Å². The molecular weight excluding hydrogens is 394 g/mol. The summed E-state index contributed by atoms with van der Waals surface area (Å²) in [4.78, 5) is 37.3. The van der Waals surface area contributed by atoms with Crippen LogP contribution in [0.2, 0.25) is 0 Å². The minimum absolute atomic E-state index is 0.0649. The van der Waals surface area contributed by atoms with Crippen molar-refractivity contribution < 1.29 is 28.9 Å². The van der Waals surface area contributed by atoms with E-state index in [0.717, 1.165) is 0 Å². The van der Waals surface area contributed by atoms with Crippen LogP contribution in [0, 0.1) is 10.8 Å². The Morgan fingerprint density at radius 2 is 2.03 bits per heavy atom. The average Bonchev–Trinajstić information content (AvgIpc) is 2.70. The van der Waals surface area contributed by atoms with Crippen molar-refractivity contribution in [3.63, 3.8) is 0 Å². The molecule has 2 atom stereocenters. The van der Waals surface area contributed by atoms with Gasteiger partial charge in [-0.3, -0.25) is 4.79 Å². The van der Waals surface area contributed by atoms with Crippen LogP contribution in [0.3, 0.4) is 0 Å². The van der Waals surface area contributed by atoms with Crippen LogP contribution in [0.1, 0.15) is 37.6 Å². The predicted molar refractivity (Wildman–Crippen MR) is 107 cm³/mol. The molecule has 10 nitrogen and oxygen atoms in total. The molecule has 164 valence electrons. The fraction of sp³-hybridized carbons (Fsp3) is 0.600. The van der Waals surface area contributed by atoms with E-state index >= 15 is 0 Å². The van der Waals surface area contributed by atoms with Gasteiger partial charge in [0.05, 0.1) is 18.2 Å². The number of β-amino-alcohol motifs (C(OH)–C–C–N with tert-alkyl or cyclic N) is 1. The van der Waals surface area contributed by atoms with Crippen LogP contribution in [0.25, 0.3) is 0 Å². The van der Waals surface area contributed by atoms with Crippen molar-refractivity contribution in [2.75, 3.05) is 32.8 Å². The van der Waals surface area contributed by atoms with E-state index in [0.29, 0.717) is 31.9 Å². The monoisotopic (exact) mass is 421 g/mol. The van der Waals surface area contributed by atoms with Crippen molar-refractivity contribution >= 4 is 17.7 Å². The van der Waals surface area contributed by atoms with E-state index in [1.54, 1.807) is 20.8 Å². The number of hydrogen-bond acceptors (Lipinski definition) is 8. The maximum atomic E-state index is 12.7. The average molecular weight is 421 g/mol. The molecule has 2 aliphatic heterocycles. The highest BCUT2D eigenvalue weighted by atomic mass is 16.6. The van der Waals surface area contributed by atoms with Gasteiger partial charge in [0.2, 0.25) is 0 Å². The van der Waals surface area contributed by atoms with E-state index in [-0.39, 0.29) is 36.0 Å². The number of amides is 2. The third-order valence-electron chi connectivity index (χ3n) is 4.87. The summed E-state index contributed by atoms with van der Waals surface area (Å²) in [5.74, 6) is -0.113. The van der Waals surface area contributed by atoms with Crippen LogP contribution >= 0.6 is 0 Å². The number of nitroso groups, excluding NO2 is 1. The van der Waals surface area contributed by atoms with Crippen molar-refractivity contribution in [3.05, 3.63) is 22.6 Å². The Balaban J connectivity index is 1.60. The molecule has 2 heterocycles. The van der Waals surface area contributed by atoms with Gasteiger partial charge in [-0.05, 0) is 38.4 Å². The Kier molecular flexibility index (Phi) is 6.45. The van der Waals surface area contributed by atoms with Gasteiger partial charge in [0.1, 0.15) is 24.5 Å². The van der Waals surface area contributed by atoms with E-state index in [9.17, 15) is 19.6 Å². The molecule has 3 rings (SSSR count). The van der Waals surface area contributed by atoms with E-state index in [1.165, 1.54) is 17.0 Å². The molecule has 10 heteroatoms. The number of hydrogen-bond donors (Lipinski definition) is 2. The van der Waals surface area contributed by atoms with Gasteiger partial charge in [-0.15, -0.1) is 4.91 Å². The zero-order valence-electron chi connectivity index (χ0n) is 17.3. The number of nitrogens with one attached hydrogen (secondary N) is 1. The number of fused-ring (bicyclic) bond motifs is 1. The molecule has 1 unspecified atom stereocenters. The van der Waals surface area contributed by atoms with Crippen LogP contribution < -0.4 is 14.8 Å². The zero-order chi connectivity index (χ0) is 21.9. The number of aliphatic hydroxyl groups excluding tert-OH is 1. The van der Waals surface area contributed by atoms with Gasteiger partial charge in [0, 0.05) is 25.1 Å². The normalized spacial score (nSPS) is 21.0. The Bertz CT molecular complexity index is 821. The molecule has 2 N–H and O–H groups in total. The second kappa shape index (κ2) is 8.86. The number of benzene rings is 1. The number of likely N-dealkylation sites (tertiary alicyclic amines) is 1. The summed E-state index contributed by atoms with van der Waals surface area (Å²) in [6, 6.07) is 2.77. The lowest BCUT2D eigenvalue weighted by molar-refractivity contribution is -0.0122. The lowest BCUT2D eigenvalue weighted by Gasteiger charge is -2.36. The van der Waals surface area contributed by atoms with E-state index in [1.807, 2.05) is 0 Å². The molecule has 0 aliphatic carbocycles. The number of aliphatic hydroxyl groups is 1. The third kappa shape index (κ3) is 5.18. The minimum Gasteiger partial charge on any atom is -0.486 e. The second-order valence-corrected chi connectivity index (χ2v) is 8.36. The van der Waals surface area contributed by atoms with Gasteiger partial charge in [0.25, 0.3) is 5.91 Å². The third-order valence-corrected chi connectivity index (χ3v) is 4.87. The molecule has 0 bridgehead atoms. The molecule has 1 fully saturated rings. The largest absolute Gasteiger partial charge is 0.486 e. The molecule has 1 aromatic rings. The quantitative estimate of drug-likeness (QED) is 0.714. The number of nitrogens with zero attached hydrogens (tertiary/aromatic N) is 2. The van der Waals surface area contributed by atoms with Crippen molar-refractivity contribution in [1.82, 2.24) is 10.2 Å². The summed E-state index contributed by atoms with van der Waals surface area (Å²) >= 11 is 0. The van der Waals surface area contributed by atoms with Crippen molar-refractivity contribution in [2.24, 2.45) is 11.1 Å². The Morgan fingerprint density at radius 3 is 2.70 bits per heavy atom. The fourth-order valence-corrected chi connectivity index (χ4v) is 3.39. The van der Waals surface area contributed by atoms with Gasteiger partial charge >= 0.3 is 6.09 Å². The minimum atomic E-state index is -0.803. The van der Waals surface area contributed by atoms with Crippen LogP contribution in [0.5, 0.6) is 11.5 Å². The summed E-state index contributed by atoms with van der Waals surface area (Å²) in [6.07, 6.45) is -0.761. The molecule has 0 saturated carbocycles. The van der Waals surface area contributed by atoms with Gasteiger partial charge in [-0.1, -0.05) is 0 Å². The summed E-state index contributed by atoms with van der Waals surface area (Å²) in [6.45, 7) is 6.72. The zero-order valence-corrected chi connectivity index (χ0v) is 17.3. The standard InChI is InChI=1S/C20H27N3O7/c1-20(2,3)30-19(26)23-5-4-12(15(24)11-23)10-21-18(25)14-8-13(22-27)9-16-17(14)29-7-6-28-16/h8-9,12,15,24H,4-7,10-11H2,1-3H3,(H,21,25)/t12-,15?/m0/s1. The van der Waals surface area contributed by atoms with Gasteiger partial charge in [-0.2, -0.15) is 0 Å². The van der Waals surface area contributed by atoms with E-state index < -0.39 is 23.7 Å². The van der Waals surface area contributed by atoms with Crippen LogP contribution in [0.4, 0.5) is 10.5 Å². The summed E-state index contributed by atoms with van der Waals surface area (Å²) in [7, 11) is 0. The van der Waals surface area contributed by atoms with Gasteiger partial charge < -0.3 is 29.5 Å². The number of ether oxygens (including phenoxy) is 3. The van der Waals surface area contributed by atoms with Crippen molar-refractivity contribution in [1.29, 1.82) is 0 Å². The van der Waals surface area contributed by atoms with Gasteiger partial charge in [-0.25, -0.2) is 4.79 Å². The lowest BCUT2D eigenvalue weighted by atomic mass is 9.94. The van der Waals surface area contributed by atoms with Gasteiger partial charge in [0.15, 0.2) is 11.5 Å². The molecular formula is C20H27N3O7. The highest BCUT2D eigenvalue weighted by molar-refractivity contribution is 5.98. The van der Waals surface area contributed by atoms with Crippen molar-refractivity contribution in [3.8, 4) is 11.5 Å². The molecule has 2 amide bonds. The maximum Gasteiger partial charge on any atom is 0.410 e. The number of rotatable bonds is 4. The van der Waals surface area contributed by atoms with Crippen LogP contribution in [-0.2, 0) is 4.74 Å². The molecule has 0 radical (unpaired) electrons. The molecule has 1 saturated heterocycles. The Morgan fingerprint density at radius 1 is 1.30 bits per heavy atom. The molecule has 1 aromatic carbocycles. The summed E-state index contributed by atoms with van der Waals surface area (Å²) in [5.41, 5.74) is -0.388. The first kappa shape index (κ1) is 21.8. The summed E-state index contributed by atoms with van der Waals surface area (Å²) < 4.78 is 16.3.